The van der Waals surface area contributed by atoms with Crippen molar-refractivity contribution in [1.82, 2.24) is 0 Å². The highest BCUT2D eigenvalue weighted by molar-refractivity contribution is 5.85. The summed E-state index contributed by atoms with van der Waals surface area (Å²) in [5, 5.41) is 10.3. The van der Waals surface area contributed by atoms with Crippen LogP contribution in [0.1, 0.15) is 10.4 Å². The second-order valence-electron chi connectivity index (χ2n) is 2.29. The number of nitrogens with two attached hydrogens (primary N) is 1. The zero-order chi connectivity index (χ0) is 9.84. The highest BCUT2D eigenvalue weighted by Gasteiger charge is 2.08. The number of hydrogen-bond donors (Lipinski definition) is 2. The van der Waals surface area contributed by atoms with Gasteiger partial charge in [-0.25, -0.2) is 0 Å². The Bertz CT molecular complexity index is 351. The minimum Gasteiger partial charge on any atom is -0.323 e. The molecule has 0 aliphatic heterocycles. The molecule has 0 aliphatic rings. The Balaban J connectivity index is 3.20. The Morgan fingerprint density at radius 2 is 2.23 bits per heavy atom. The van der Waals surface area contributed by atoms with Crippen LogP contribution in [0.3, 0.4) is 0 Å². The molecule has 1 aromatic rings. The molecule has 0 spiro atoms. The molecular weight excluding hydrogens is 174 g/mol. The van der Waals surface area contributed by atoms with Crippen molar-refractivity contribution in [3.05, 3.63) is 33.9 Å². The molecule has 6 heteroatoms. The summed E-state index contributed by atoms with van der Waals surface area (Å²) in [6, 6.07) is 3.80. The molecule has 0 fully saturated rings. The van der Waals surface area contributed by atoms with E-state index in [9.17, 15) is 14.9 Å². The monoisotopic (exact) mass is 181 g/mol. The maximum atomic E-state index is 10.4. The van der Waals surface area contributed by atoms with Crippen molar-refractivity contribution in [1.29, 1.82) is 0 Å². The summed E-state index contributed by atoms with van der Waals surface area (Å²) in [5.41, 5.74) is 2.65. The lowest BCUT2D eigenvalue weighted by molar-refractivity contribution is -0.384. The highest BCUT2D eigenvalue weighted by atomic mass is 16.6. The Morgan fingerprint density at radius 3 is 2.69 bits per heavy atom. The fourth-order valence-corrected chi connectivity index (χ4v) is 0.893. The predicted octanol–water partition coefficient (Wildman–Crippen LogP) is 0.693. The first-order valence-electron chi connectivity index (χ1n) is 3.39. The van der Waals surface area contributed by atoms with Gasteiger partial charge in [0.2, 0.25) is 0 Å². The van der Waals surface area contributed by atoms with Crippen LogP contribution in [-0.4, -0.2) is 11.2 Å². The van der Waals surface area contributed by atoms with Gasteiger partial charge in [0.25, 0.3) is 5.69 Å². The summed E-state index contributed by atoms with van der Waals surface area (Å²) in [7, 11) is 0. The molecule has 1 aromatic carbocycles. The number of anilines is 1. The zero-order valence-corrected chi connectivity index (χ0v) is 6.56. The first-order chi connectivity index (χ1) is 6.19. The third-order valence-corrected chi connectivity index (χ3v) is 1.53. The van der Waals surface area contributed by atoms with E-state index in [0.29, 0.717) is 12.0 Å². The summed E-state index contributed by atoms with van der Waals surface area (Å²) >= 11 is 0. The van der Waals surface area contributed by atoms with Gasteiger partial charge >= 0.3 is 0 Å². The molecule has 0 heterocycles. The highest BCUT2D eigenvalue weighted by Crippen LogP contribution is 2.19. The van der Waals surface area contributed by atoms with Crippen molar-refractivity contribution in [2.75, 3.05) is 5.43 Å². The normalized spacial score (nSPS) is 9.31. The van der Waals surface area contributed by atoms with Gasteiger partial charge in [0.1, 0.15) is 0 Å². The number of benzene rings is 1. The van der Waals surface area contributed by atoms with Gasteiger partial charge in [0, 0.05) is 17.7 Å². The Kier molecular flexibility index (Phi) is 2.56. The molecule has 13 heavy (non-hydrogen) atoms. The number of hydrazine groups is 1. The van der Waals surface area contributed by atoms with E-state index in [1.54, 1.807) is 0 Å². The van der Waals surface area contributed by atoms with Gasteiger partial charge in [-0.1, -0.05) is 0 Å². The molecule has 1 rings (SSSR count). The van der Waals surface area contributed by atoms with E-state index in [4.69, 9.17) is 5.84 Å². The van der Waals surface area contributed by atoms with Gasteiger partial charge in [-0.05, 0) is 6.07 Å². The molecule has 3 N–H and O–H groups in total. The Hall–Kier alpha value is -1.95. The second kappa shape index (κ2) is 3.63. The summed E-state index contributed by atoms with van der Waals surface area (Å²) in [4.78, 5) is 20.2. The van der Waals surface area contributed by atoms with Crippen molar-refractivity contribution >= 4 is 17.7 Å². The topological polar surface area (TPSA) is 98.3 Å². The third kappa shape index (κ3) is 1.79. The fourth-order valence-electron chi connectivity index (χ4n) is 0.893. The van der Waals surface area contributed by atoms with Crippen LogP contribution in [-0.2, 0) is 0 Å². The van der Waals surface area contributed by atoms with Gasteiger partial charge in [-0.2, -0.15) is 0 Å². The van der Waals surface area contributed by atoms with E-state index in [2.05, 4.69) is 5.43 Å². The van der Waals surface area contributed by atoms with Gasteiger partial charge in [-0.15, -0.1) is 0 Å². The molecule has 6 nitrogen and oxygen atoms in total. The van der Waals surface area contributed by atoms with Crippen LogP contribution in [0.5, 0.6) is 0 Å². The first kappa shape index (κ1) is 9.14. The van der Waals surface area contributed by atoms with Crippen molar-refractivity contribution in [2.45, 2.75) is 0 Å². The van der Waals surface area contributed by atoms with E-state index < -0.39 is 4.92 Å². The zero-order valence-electron chi connectivity index (χ0n) is 6.56. The number of nitrogen functional groups attached to an aromatic ring is 1. The molecule has 0 aliphatic carbocycles. The Labute approximate surface area is 73.5 Å². The average molecular weight is 181 g/mol. The largest absolute Gasteiger partial charge is 0.323 e. The van der Waals surface area contributed by atoms with Crippen LogP contribution in [0.15, 0.2) is 18.2 Å². The van der Waals surface area contributed by atoms with Crippen molar-refractivity contribution in [3.8, 4) is 0 Å². The SMILES string of the molecule is NNc1ccc([N+](=O)[O-])cc1C=O. The minimum absolute atomic E-state index is 0.138. The summed E-state index contributed by atoms with van der Waals surface area (Å²) < 4.78 is 0. The maximum absolute atomic E-state index is 10.4. The first-order valence-corrected chi connectivity index (χ1v) is 3.39. The van der Waals surface area contributed by atoms with Gasteiger partial charge in [-0.3, -0.25) is 20.8 Å². The number of aldehydes is 1. The maximum Gasteiger partial charge on any atom is 0.270 e. The summed E-state index contributed by atoms with van der Waals surface area (Å²) in [6.45, 7) is 0. The molecule has 0 aromatic heterocycles. The Morgan fingerprint density at radius 1 is 1.54 bits per heavy atom. The molecule has 0 atom stereocenters. The lowest BCUT2D eigenvalue weighted by Gasteiger charge is -2.01. The van der Waals surface area contributed by atoms with Crippen molar-refractivity contribution < 1.29 is 9.72 Å². The number of non-ortho nitro benzene ring substituents is 1. The number of rotatable bonds is 3. The second-order valence-corrected chi connectivity index (χ2v) is 2.29. The molecule has 0 radical (unpaired) electrons. The number of nitro benzene ring substituents is 1. The molecule has 0 saturated carbocycles. The molecule has 0 saturated heterocycles. The van der Waals surface area contributed by atoms with Crippen molar-refractivity contribution in [2.24, 2.45) is 5.84 Å². The summed E-state index contributed by atoms with van der Waals surface area (Å²) in [5.74, 6) is 5.07. The number of carbonyl (C=O) groups is 1. The van der Waals surface area contributed by atoms with Crippen LogP contribution in [0.4, 0.5) is 11.4 Å². The summed E-state index contributed by atoms with van der Waals surface area (Å²) in [6.07, 6.45) is 0.502. The van der Waals surface area contributed by atoms with E-state index >= 15 is 0 Å². The van der Waals surface area contributed by atoms with E-state index in [1.165, 1.54) is 12.1 Å². The third-order valence-electron chi connectivity index (χ3n) is 1.53. The molecular formula is C7H7N3O3. The van der Waals surface area contributed by atoms with Crippen molar-refractivity contribution in [3.63, 3.8) is 0 Å². The van der Waals surface area contributed by atoms with Crippen LogP contribution in [0, 0.1) is 10.1 Å². The minimum atomic E-state index is -0.576. The van der Waals surface area contributed by atoms with Crippen LogP contribution in [0.2, 0.25) is 0 Å². The lowest BCUT2D eigenvalue weighted by atomic mass is 10.2. The smallest absolute Gasteiger partial charge is 0.270 e. The van der Waals surface area contributed by atoms with E-state index in [-0.39, 0.29) is 11.3 Å². The molecule has 0 unspecified atom stereocenters. The van der Waals surface area contributed by atoms with Crippen LogP contribution >= 0.6 is 0 Å². The van der Waals surface area contributed by atoms with Gasteiger partial charge in [0.15, 0.2) is 6.29 Å². The molecule has 68 valence electrons. The standard InChI is InChI=1S/C7H7N3O3/c8-9-7-2-1-6(10(12)13)3-5(7)4-11/h1-4,9H,8H2. The predicted molar refractivity (Wildman–Crippen MR) is 46.3 cm³/mol. The number of hydrogen-bond acceptors (Lipinski definition) is 5. The van der Waals surface area contributed by atoms with Crippen LogP contribution in [0.25, 0.3) is 0 Å². The van der Waals surface area contributed by atoms with Gasteiger partial charge < -0.3 is 5.43 Å². The molecule has 0 amide bonds. The quantitative estimate of drug-likeness (QED) is 0.309. The number of nitrogens with zero attached hydrogens (tertiary/aromatic N) is 1. The van der Waals surface area contributed by atoms with E-state index in [1.807, 2.05) is 0 Å². The number of nitrogens with one attached hydrogen (secondary N) is 1. The van der Waals surface area contributed by atoms with E-state index in [0.717, 1.165) is 6.07 Å². The molecule has 0 bridgehead atoms. The fraction of sp³-hybridized carbons (Fsp3) is 0. The van der Waals surface area contributed by atoms with Crippen LogP contribution < -0.4 is 11.3 Å². The van der Waals surface area contributed by atoms with Gasteiger partial charge in [0.05, 0.1) is 10.6 Å². The average Bonchev–Trinajstić information content (AvgIpc) is 2.16. The lowest BCUT2D eigenvalue weighted by Crippen LogP contribution is -2.09. The number of nitro groups is 1. The number of carbonyl (C=O) groups excluding carboxylic acids is 1.